The molecule has 0 aliphatic rings. The van der Waals surface area contributed by atoms with E-state index in [9.17, 15) is 43.2 Å². The van der Waals surface area contributed by atoms with Gasteiger partial charge in [0.05, 0.1) is 26.4 Å². The van der Waals surface area contributed by atoms with E-state index in [1.807, 2.05) is 0 Å². The van der Waals surface area contributed by atoms with Gasteiger partial charge in [0.2, 0.25) is 0 Å². The highest BCUT2D eigenvalue weighted by molar-refractivity contribution is 7.47. The molecule has 0 saturated heterocycles. The smallest absolute Gasteiger partial charge is 0.462 e. The lowest BCUT2D eigenvalue weighted by molar-refractivity contribution is -0.161. The van der Waals surface area contributed by atoms with Crippen LogP contribution < -0.4 is 0 Å². The maximum absolute atomic E-state index is 12.9. The minimum absolute atomic E-state index is 0.0985. The van der Waals surface area contributed by atoms with Crippen LogP contribution in [0, 0.1) is 11.8 Å². The fraction of sp³-hybridized carbons (Fsp3) is 0.934. The fourth-order valence-electron chi connectivity index (χ4n) is 9.00. The van der Waals surface area contributed by atoms with Crippen LogP contribution in [0.15, 0.2) is 0 Å². The van der Waals surface area contributed by atoms with Gasteiger partial charge in [0.25, 0.3) is 0 Å². The van der Waals surface area contributed by atoms with Gasteiger partial charge in [-0.05, 0) is 37.5 Å². The molecule has 80 heavy (non-hydrogen) atoms. The van der Waals surface area contributed by atoms with Gasteiger partial charge in [-0.25, -0.2) is 9.13 Å². The first kappa shape index (κ1) is 78.1. The quantitative estimate of drug-likeness (QED) is 0.0222. The number of hydrogen-bond acceptors (Lipinski definition) is 15. The normalized spacial score (nSPS) is 14.4. The lowest BCUT2D eigenvalue weighted by atomic mass is 10.0. The van der Waals surface area contributed by atoms with Gasteiger partial charge in [-0.3, -0.25) is 37.3 Å². The summed E-state index contributed by atoms with van der Waals surface area (Å²) < 4.78 is 67.4. The average molecular weight is 1190 g/mol. The van der Waals surface area contributed by atoms with Crippen molar-refractivity contribution in [3.05, 3.63) is 0 Å². The SMILES string of the molecule is CCCCCCCC(=O)OC[C@H](COP(=O)(O)OC[C@H](O)COP(=O)(O)OC[C@@H](COC(=O)CCCCCCCCC(C)C)OC(=O)CCCCCCCCCCCCCCCCCCCCC(C)C)OC(=O)CCCCCCC. The standard InChI is InChI=1S/C61H118O17P2/c1-7-9-11-29-37-43-58(63)71-49-56(77-60(65)45-39-30-12-10-8-2)51-75-79(67,68)73-47-55(62)48-74-80(69,70)76-52-57(50-72-59(64)44-38-33-28-27-32-36-42-54(5)6)78-61(66)46-40-34-26-24-22-20-18-16-14-13-15-17-19-21-23-25-31-35-41-53(3)4/h53-57,62H,7-52H2,1-6H3,(H,67,68)(H,69,70)/t55-,56+,57+/m0/s1. The van der Waals surface area contributed by atoms with Crippen molar-refractivity contribution in [1.29, 1.82) is 0 Å². The highest BCUT2D eigenvalue weighted by atomic mass is 31.2. The molecule has 0 heterocycles. The van der Waals surface area contributed by atoms with E-state index in [0.29, 0.717) is 31.6 Å². The zero-order valence-electron chi connectivity index (χ0n) is 51.4. The summed E-state index contributed by atoms with van der Waals surface area (Å²) in [6.45, 7) is 9.23. The Morgan fingerprint density at radius 3 is 0.850 bits per heavy atom. The third-order valence-electron chi connectivity index (χ3n) is 14.0. The molecule has 19 heteroatoms. The van der Waals surface area contributed by atoms with E-state index in [4.69, 9.17) is 37.0 Å². The van der Waals surface area contributed by atoms with Gasteiger partial charge in [0, 0.05) is 25.7 Å². The molecule has 0 aromatic heterocycles. The molecular formula is C61H118O17P2. The zero-order valence-corrected chi connectivity index (χ0v) is 53.2. The second-order valence-electron chi connectivity index (χ2n) is 23.0. The van der Waals surface area contributed by atoms with E-state index >= 15 is 0 Å². The molecule has 0 radical (unpaired) electrons. The van der Waals surface area contributed by atoms with Crippen molar-refractivity contribution in [2.75, 3.05) is 39.6 Å². The second kappa shape index (κ2) is 53.8. The lowest BCUT2D eigenvalue weighted by Crippen LogP contribution is -2.30. The number of aliphatic hydroxyl groups is 1. The third-order valence-corrected chi connectivity index (χ3v) is 15.9. The summed E-state index contributed by atoms with van der Waals surface area (Å²) in [4.78, 5) is 71.4. The lowest BCUT2D eigenvalue weighted by Gasteiger charge is -2.21. The van der Waals surface area contributed by atoms with Crippen LogP contribution in [0.1, 0.15) is 298 Å². The van der Waals surface area contributed by atoms with E-state index < -0.39 is 97.5 Å². The molecule has 0 fully saturated rings. The van der Waals surface area contributed by atoms with Crippen molar-refractivity contribution in [3.63, 3.8) is 0 Å². The second-order valence-corrected chi connectivity index (χ2v) is 25.9. The van der Waals surface area contributed by atoms with E-state index in [2.05, 4.69) is 41.5 Å². The Morgan fingerprint density at radius 1 is 0.338 bits per heavy atom. The van der Waals surface area contributed by atoms with Gasteiger partial charge in [-0.2, -0.15) is 0 Å². The fourth-order valence-corrected chi connectivity index (χ4v) is 10.6. The first-order valence-corrected chi connectivity index (χ1v) is 35.0. The summed E-state index contributed by atoms with van der Waals surface area (Å²) in [6.07, 6.45) is 36.0. The molecule has 0 saturated carbocycles. The van der Waals surface area contributed by atoms with Crippen LogP contribution in [0.4, 0.5) is 0 Å². The van der Waals surface area contributed by atoms with Crippen LogP contribution in [-0.4, -0.2) is 96.7 Å². The van der Waals surface area contributed by atoms with Gasteiger partial charge in [-0.15, -0.1) is 0 Å². The molecule has 0 aliphatic heterocycles. The molecule has 0 aromatic rings. The number of rotatable bonds is 60. The molecule has 474 valence electrons. The zero-order chi connectivity index (χ0) is 59.4. The first-order chi connectivity index (χ1) is 38.4. The molecule has 17 nitrogen and oxygen atoms in total. The number of phosphoric ester groups is 2. The molecule has 2 unspecified atom stereocenters. The Hall–Kier alpha value is -1.94. The third kappa shape index (κ3) is 55.3. The summed E-state index contributed by atoms with van der Waals surface area (Å²) >= 11 is 0. The van der Waals surface area contributed by atoms with Gasteiger partial charge < -0.3 is 33.8 Å². The minimum Gasteiger partial charge on any atom is -0.462 e. The van der Waals surface area contributed by atoms with E-state index in [0.717, 1.165) is 109 Å². The summed E-state index contributed by atoms with van der Waals surface area (Å²) in [5, 5.41) is 10.5. The van der Waals surface area contributed by atoms with Crippen molar-refractivity contribution in [3.8, 4) is 0 Å². The van der Waals surface area contributed by atoms with E-state index in [-0.39, 0.29) is 25.7 Å². The highest BCUT2D eigenvalue weighted by Gasteiger charge is 2.30. The van der Waals surface area contributed by atoms with Crippen molar-refractivity contribution >= 4 is 39.5 Å². The monoisotopic (exact) mass is 1180 g/mol. The number of ether oxygens (including phenoxy) is 4. The van der Waals surface area contributed by atoms with Crippen LogP contribution in [-0.2, 0) is 65.4 Å². The first-order valence-electron chi connectivity index (χ1n) is 32.0. The Balaban J connectivity index is 5.00. The predicted molar refractivity (Wildman–Crippen MR) is 317 cm³/mol. The van der Waals surface area contributed by atoms with Gasteiger partial charge >= 0.3 is 39.5 Å². The Bertz CT molecular complexity index is 1580. The molecule has 5 atom stereocenters. The molecule has 0 amide bonds. The Morgan fingerprint density at radius 2 is 0.575 bits per heavy atom. The van der Waals surface area contributed by atoms with Gasteiger partial charge in [-0.1, -0.05) is 247 Å². The van der Waals surface area contributed by atoms with Gasteiger partial charge in [0.1, 0.15) is 19.3 Å². The Labute approximate surface area is 486 Å². The predicted octanol–water partition coefficient (Wildman–Crippen LogP) is 16.5. The largest absolute Gasteiger partial charge is 0.472 e. The minimum atomic E-state index is -4.94. The van der Waals surface area contributed by atoms with Gasteiger partial charge in [0.15, 0.2) is 12.2 Å². The van der Waals surface area contributed by atoms with E-state index in [1.165, 1.54) is 103 Å². The van der Waals surface area contributed by atoms with Crippen molar-refractivity contribution in [2.45, 2.75) is 317 Å². The molecular weight excluding hydrogens is 1070 g/mol. The highest BCUT2D eigenvalue weighted by Crippen LogP contribution is 2.45. The average Bonchev–Trinajstić information content (AvgIpc) is 3.41. The van der Waals surface area contributed by atoms with Crippen LogP contribution in [0.2, 0.25) is 0 Å². The number of phosphoric acid groups is 2. The summed E-state index contributed by atoms with van der Waals surface area (Å²) in [5.41, 5.74) is 0. The van der Waals surface area contributed by atoms with Crippen LogP contribution in [0.3, 0.4) is 0 Å². The number of hydrogen-bond donors (Lipinski definition) is 3. The molecule has 0 aromatic carbocycles. The van der Waals surface area contributed by atoms with E-state index in [1.54, 1.807) is 0 Å². The molecule has 0 spiro atoms. The molecule has 0 bridgehead atoms. The topological polar surface area (TPSA) is 237 Å². The summed E-state index contributed by atoms with van der Waals surface area (Å²) in [5.74, 6) is -0.664. The van der Waals surface area contributed by atoms with Crippen molar-refractivity contribution in [1.82, 2.24) is 0 Å². The summed E-state index contributed by atoms with van der Waals surface area (Å²) in [6, 6.07) is 0. The molecule has 3 N–H and O–H groups in total. The number of unbranched alkanes of at least 4 members (excludes halogenated alkanes) is 30. The number of carbonyl (C=O) groups excluding carboxylic acids is 4. The maximum Gasteiger partial charge on any atom is 0.472 e. The van der Waals surface area contributed by atoms with Crippen molar-refractivity contribution in [2.24, 2.45) is 11.8 Å². The maximum atomic E-state index is 12.9. The summed E-state index contributed by atoms with van der Waals surface area (Å²) in [7, 11) is -9.86. The number of carbonyl (C=O) groups is 4. The number of aliphatic hydroxyl groups excluding tert-OH is 1. The Kier molecular flexibility index (Phi) is 52.5. The van der Waals surface area contributed by atoms with Crippen LogP contribution in [0.25, 0.3) is 0 Å². The van der Waals surface area contributed by atoms with Crippen LogP contribution >= 0.6 is 15.6 Å². The molecule has 0 rings (SSSR count). The van der Waals surface area contributed by atoms with Crippen molar-refractivity contribution < 1.29 is 80.2 Å². The number of esters is 4. The van der Waals surface area contributed by atoms with Crippen LogP contribution in [0.5, 0.6) is 0 Å². The molecule has 0 aliphatic carbocycles.